The topological polar surface area (TPSA) is 35.8 Å². The predicted octanol–water partition coefficient (Wildman–Crippen LogP) is 4.60. The van der Waals surface area contributed by atoms with Gasteiger partial charge in [-0.3, -0.25) is 5.32 Å². The summed E-state index contributed by atoms with van der Waals surface area (Å²) >= 11 is 1.84. The largest absolute Gasteiger partial charge is 0.300 e. The first-order chi connectivity index (χ1) is 10.1. The van der Waals surface area contributed by atoms with Gasteiger partial charge in [0.1, 0.15) is 5.54 Å². The summed E-state index contributed by atoms with van der Waals surface area (Å²) in [6.45, 7) is 7.02. The number of thioether (sulfide) groups is 1. The van der Waals surface area contributed by atoms with Crippen LogP contribution in [0.3, 0.4) is 0 Å². The van der Waals surface area contributed by atoms with Gasteiger partial charge < -0.3 is 0 Å². The summed E-state index contributed by atoms with van der Waals surface area (Å²) < 4.78 is 0. The van der Waals surface area contributed by atoms with Crippen LogP contribution >= 0.6 is 11.8 Å². The van der Waals surface area contributed by atoms with Crippen molar-refractivity contribution in [3.8, 4) is 6.07 Å². The molecule has 2 nitrogen and oxygen atoms in total. The third-order valence-electron chi connectivity index (χ3n) is 3.57. The quantitative estimate of drug-likeness (QED) is 0.792. The van der Waals surface area contributed by atoms with Gasteiger partial charge in [-0.25, -0.2) is 0 Å². The maximum atomic E-state index is 9.35. The van der Waals surface area contributed by atoms with Crippen molar-refractivity contribution >= 4 is 22.5 Å². The lowest BCUT2D eigenvalue weighted by molar-refractivity contribution is 0.429. The van der Waals surface area contributed by atoms with Gasteiger partial charge in [-0.15, -0.1) is 11.8 Å². The normalized spacial score (nSPS) is 15.3. The number of hydrogen-bond acceptors (Lipinski definition) is 3. The van der Waals surface area contributed by atoms with Crippen LogP contribution in [0.25, 0.3) is 10.8 Å². The molecule has 0 radical (unpaired) electrons. The zero-order valence-electron chi connectivity index (χ0n) is 12.9. The van der Waals surface area contributed by atoms with Crippen LogP contribution in [0, 0.1) is 11.3 Å². The molecule has 1 N–H and O–H groups in total. The fraction of sp³-hybridized carbons (Fsp3) is 0.389. The molecule has 0 aliphatic heterocycles. The molecule has 2 aromatic rings. The zero-order chi connectivity index (χ0) is 15.3. The summed E-state index contributed by atoms with van der Waals surface area (Å²) in [7, 11) is 0. The van der Waals surface area contributed by atoms with Crippen LogP contribution in [0.2, 0.25) is 0 Å². The summed E-state index contributed by atoms with van der Waals surface area (Å²) in [5.41, 5.74) is -0.446. The Morgan fingerprint density at radius 2 is 1.95 bits per heavy atom. The number of nitrogens with zero attached hydrogens (tertiary/aromatic N) is 1. The van der Waals surface area contributed by atoms with Crippen LogP contribution in [0.15, 0.2) is 47.4 Å². The summed E-state index contributed by atoms with van der Waals surface area (Å²) in [5, 5.41) is 15.6. The van der Waals surface area contributed by atoms with Gasteiger partial charge in [0.15, 0.2) is 0 Å². The molecule has 2 aromatic carbocycles. The fourth-order valence-corrected chi connectivity index (χ4v) is 3.86. The lowest BCUT2D eigenvalue weighted by atomic mass is 9.98. The molecule has 110 valence electrons. The Labute approximate surface area is 131 Å². The summed E-state index contributed by atoms with van der Waals surface area (Å²) in [6, 6.07) is 17.4. The lowest BCUT2D eigenvalue weighted by Crippen LogP contribution is -2.42. The molecule has 2 unspecified atom stereocenters. The Morgan fingerprint density at radius 3 is 2.62 bits per heavy atom. The molecule has 0 saturated carbocycles. The first kappa shape index (κ1) is 15.9. The first-order valence-electron chi connectivity index (χ1n) is 7.38. The highest BCUT2D eigenvalue weighted by molar-refractivity contribution is 8.00. The molecule has 0 spiro atoms. The van der Waals surface area contributed by atoms with Gasteiger partial charge in [-0.1, -0.05) is 44.2 Å². The van der Waals surface area contributed by atoms with Crippen LogP contribution in [0.5, 0.6) is 0 Å². The predicted molar refractivity (Wildman–Crippen MR) is 91.6 cm³/mol. The third kappa shape index (κ3) is 4.23. The van der Waals surface area contributed by atoms with Crippen molar-refractivity contribution in [2.45, 2.75) is 42.9 Å². The molecule has 0 heterocycles. The van der Waals surface area contributed by atoms with E-state index in [4.69, 9.17) is 0 Å². The van der Waals surface area contributed by atoms with E-state index in [9.17, 15) is 5.26 Å². The molecule has 21 heavy (non-hydrogen) atoms. The zero-order valence-corrected chi connectivity index (χ0v) is 13.7. The molecular weight excluding hydrogens is 276 g/mol. The van der Waals surface area contributed by atoms with Gasteiger partial charge in [-0.2, -0.15) is 5.26 Å². The van der Waals surface area contributed by atoms with E-state index in [0.29, 0.717) is 5.25 Å². The lowest BCUT2D eigenvalue weighted by Gasteiger charge is -2.25. The van der Waals surface area contributed by atoms with Crippen molar-refractivity contribution in [3.63, 3.8) is 0 Å². The second-order valence-electron chi connectivity index (χ2n) is 5.62. The molecule has 2 rings (SSSR count). The number of benzene rings is 2. The van der Waals surface area contributed by atoms with Crippen LogP contribution in [0.1, 0.15) is 27.2 Å². The van der Waals surface area contributed by atoms with Gasteiger partial charge in [0.05, 0.1) is 6.07 Å². The smallest absolute Gasteiger partial charge is 0.104 e. The molecule has 0 aliphatic carbocycles. The minimum atomic E-state index is -0.446. The van der Waals surface area contributed by atoms with Gasteiger partial charge in [0.2, 0.25) is 0 Å². The Kier molecular flexibility index (Phi) is 5.27. The van der Waals surface area contributed by atoms with E-state index < -0.39 is 5.54 Å². The average Bonchev–Trinajstić information content (AvgIpc) is 2.47. The maximum absolute atomic E-state index is 9.35. The monoisotopic (exact) mass is 298 g/mol. The molecule has 0 fully saturated rings. The minimum absolute atomic E-state index is 0.384. The Balaban J connectivity index is 2.07. The van der Waals surface area contributed by atoms with Crippen LogP contribution in [0.4, 0.5) is 0 Å². The highest BCUT2D eigenvalue weighted by Crippen LogP contribution is 2.30. The van der Waals surface area contributed by atoms with E-state index in [1.807, 2.05) is 25.6 Å². The van der Waals surface area contributed by atoms with Gasteiger partial charge >= 0.3 is 0 Å². The van der Waals surface area contributed by atoms with E-state index in [1.54, 1.807) is 0 Å². The van der Waals surface area contributed by atoms with Crippen molar-refractivity contribution in [3.05, 3.63) is 42.5 Å². The minimum Gasteiger partial charge on any atom is -0.300 e. The van der Waals surface area contributed by atoms with Crippen LogP contribution < -0.4 is 5.32 Å². The van der Waals surface area contributed by atoms with Gasteiger partial charge in [-0.05, 0) is 42.8 Å². The van der Waals surface area contributed by atoms with Crippen molar-refractivity contribution in [1.82, 2.24) is 5.32 Å². The van der Waals surface area contributed by atoms with E-state index in [1.165, 1.54) is 15.7 Å². The molecule has 0 saturated heterocycles. The number of hydrogen-bond donors (Lipinski definition) is 1. The SMILES string of the molecule is CCNC(C)(C#N)CC(C)Sc1ccc2ccccc2c1. The van der Waals surface area contributed by atoms with Crippen molar-refractivity contribution in [2.75, 3.05) is 6.54 Å². The molecule has 0 aromatic heterocycles. The third-order valence-corrected chi connectivity index (χ3v) is 4.66. The van der Waals surface area contributed by atoms with Gasteiger partial charge in [0.25, 0.3) is 0 Å². The molecular formula is C18H22N2S. The van der Waals surface area contributed by atoms with Crippen molar-refractivity contribution < 1.29 is 0 Å². The molecule has 3 heteroatoms. The second-order valence-corrected chi connectivity index (χ2v) is 7.13. The maximum Gasteiger partial charge on any atom is 0.104 e. The number of rotatable bonds is 6. The van der Waals surface area contributed by atoms with E-state index in [0.717, 1.165) is 13.0 Å². The first-order valence-corrected chi connectivity index (χ1v) is 8.26. The molecule has 0 aliphatic rings. The highest BCUT2D eigenvalue weighted by Gasteiger charge is 2.25. The second kappa shape index (κ2) is 6.98. The van der Waals surface area contributed by atoms with Crippen LogP contribution in [-0.4, -0.2) is 17.3 Å². The number of nitrogens with one attached hydrogen (secondary N) is 1. The summed E-state index contributed by atoms with van der Waals surface area (Å²) in [6.07, 6.45) is 0.828. The van der Waals surface area contributed by atoms with Crippen molar-refractivity contribution in [1.29, 1.82) is 5.26 Å². The van der Waals surface area contributed by atoms with E-state index in [2.05, 4.69) is 60.8 Å². The van der Waals surface area contributed by atoms with Crippen molar-refractivity contribution in [2.24, 2.45) is 0 Å². The molecule has 2 atom stereocenters. The highest BCUT2D eigenvalue weighted by atomic mass is 32.2. The Morgan fingerprint density at radius 1 is 1.24 bits per heavy atom. The molecule has 0 bridgehead atoms. The number of nitriles is 1. The number of fused-ring (bicyclic) bond motifs is 1. The summed E-state index contributed by atoms with van der Waals surface area (Å²) in [5.74, 6) is 0. The van der Waals surface area contributed by atoms with E-state index >= 15 is 0 Å². The fourth-order valence-electron chi connectivity index (χ4n) is 2.64. The average molecular weight is 298 g/mol. The van der Waals surface area contributed by atoms with Crippen LogP contribution in [-0.2, 0) is 0 Å². The Bertz CT molecular complexity index is 647. The standard InChI is InChI=1S/C18H22N2S/c1-4-20-18(3,13-19)12-14(2)21-17-10-9-15-7-5-6-8-16(15)11-17/h5-11,14,20H,4,12H2,1-3H3. The van der Waals surface area contributed by atoms with Gasteiger partial charge in [0, 0.05) is 10.1 Å². The Hall–Kier alpha value is -1.50. The van der Waals surface area contributed by atoms with E-state index in [-0.39, 0.29) is 0 Å². The molecule has 0 amide bonds. The summed E-state index contributed by atoms with van der Waals surface area (Å²) in [4.78, 5) is 1.26.